The molecule has 19 heavy (non-hydrogen) atoms. The minimum Gasteiger partial charge on any atom is -0.355 e. The number of benzene rings is 1. The van der Waals surface area contributed by atoms with Gasteiger partial charge in [-0.15, -0.1) is 0 Å². The van der Waals surface area contributed by atoms with Crippen molar-refractivity contribution >= 4 is 5.91 Å². The number of likely N-dealkylation sites (N-methyl/N-ethyl adjacent to an activating group) is 1. The molecule has 0 aromatic heterocycles. The number of likely N-dealkylation sites (tertiary alicyclic amines) is 1. The molecule has 2 rings (SSSR count). The molecular formula is C16H24N2O. The summed E-state index contributed by atoms with van der Waals surface area (Å²) in [6, 6.07) is 10.7. The molecule has 3 heteroatoms. The van der Waals surface area contributed by atoms with Crippen molar-refractivity contribution in [3.8, 4) is 0 Å². The Kier molecular flexibility index (Phi) is 5.40. The van der Waals surface area contributed by atoms with Gasteiger partial charge in [0.1, 0.15) is 0 Å². The van der Waals surface area contributed by atoms with Crippen molar-refractivity contribution in [1.29, 1.82) is 0 Å². The lowest BCUT2D eigenvalue weighted by Crippen LogP contribution is -2.40. The van der Waals surface area contributed by atoms with Gasteiger partial charge in [0.05, 0.1) is 0 Å². The average molecular weight is 260 g/mol. The Morgan fingerprint density at radius 2 is 2.16 bits per heavy atom. The van der Waals surface area contributed by atoms with Gasteiger partial charge in [-0.05, 0) is 37.9 Å². The summed E-state index contributed by atoms with van der Waals surface area (Å²) in [6.07, 6.45) is 3.89. The SMILES string of the molecule is CCN1CCCC1CNC(=O)CCc1ccccc1. The van der Waals surface area contributed by atoms with Crippen LogP contribution in [0.25, 0.3) is 0 Å². The fourth-order valence-electron chi connectivity index (χ4n) is 2.77. The number of rotatable bonds is 6. The Balaban J connectivity index is 1.67. The fraction of sp³-hybridized carbons (Fsp3) is 0.562. The van der Waals surface area contributed by atoms with E-state index in [1.807, 2.05) is 18.2 Å². The third-order valence-corrected chi connectivity index (χ3v) is 3.92. The molecule has 0 saturated carbocycles. The number of aryl methyl sites for hydroxylation is 1. The van der Waals surface area contributed by atoms with Gasteiger partial charge in [0, 0.05) is 19.0 Å². The molecule has 1 amide bonds. The Morgan fingerprint density at radius 3 is 2.89 bits per heavy atom. The zero-order chi connectivity index (χ0) is 13.5. The third kappa shape index (κ3) is 4.35. The van der Waals surface area contributed by atoms with Gasteiger partial charge >= 0.3 is 0 Å². The van der Waals surface area contributed by atoms with Gasteiger partial charge < -0.3 is 5.32 Å². The lowest BCUT2D eigenvalue weighted by atomic mass is 10.1. The lowest BCUT2D eigenvalue weighted by Gasteiger charge is -2.22. The minimum absolute atomic E-state index is 0.173. The van der Waals surface area contributed by atoms with Gasteiger partial charge in [-0.25, -0.2) is 0 Å². The van der Waals surface area contributed by atoms with E-state index in [0.717, 1.165) is 19.5 Å². The van der Waals surface area contributed by atoms with Crippen LogP contribution < -0.4 is 5.32 Å². The van der Waals surface area contributed by atoms with Crippen LogP contribution in [0.1, 0.15) is 31.7 Å². The molecule has 3 nitrogen and oxygen atoms in total. The van der Waals surface area contributed by atoms with Gasteiger partial charge in [-0.3, -0.25) is 9.69 Å². The summed E-state index contributed by atoms with van der Waals surface area (Å²) in [6.45, 7) is 5.27. The number of carbonyl (C=O) groups is 1. The first-order chi connectivity index (χ1) is 9.29. The molecule has 1 unspecified atom stereocenters. The van der Waals surface area contributed by atoms with Crippen LogP contribution in [-0.2, 0) is 11.2 Å². The number of nitrogens with zero attached hydrogens (tertiary/aromatic N) is 1. The van der Waals surface area contributed by atoms with Gasteiger partial charge in [0.15, 0.2) is 0 Å². The largest absolute Gasteiger partial charge is 0.355 e. The average Bonchev–Trinajstić information content (AvgIpc) is 2.91. The molecule has 1 heterocycles. The standard InChI is InChI=1S/C16H24N2O/c1-2-18-12-6-9-15(18)13-17-16(19)11-10-14-7-4-3-5-8-14/h3-5,7-8,15H,2,6,9-13H2,1H3,(H,17,19). The van der Waals surface area contributed by atoms with E-state index >= 15 is 0 Å². The maximum absolute atomic E-state index is 11.8. The van der Waals surface area contributed by atoms with Crippen molar-refractivity contribution in [2.45, 2.75) is 38.6 Å². The Hall–Kier alpha value is -1.35. The molecule has 1 aromatic rings. The van der Waals surface area contributed by atoms with Crippen LogP contribution in [0.2, 0.25) is 0 Å². The van der Waals surface area contributed by atoms with E-state index in [9.17, 15) is 4.79 Å². The molecule has 1 aliphatic rings. The number of hydrogen-bond acceptors (Lipinski definition) is 2. The second-order valence-corrected chi connectivity index (χ2v) is 5.21. The van der Waals surface area contributed by atoms with E-state index < -0.39 is 0 Å². The zero-order valence-corrected chi connectivity index (χ0v) is 11.8. The first-order valence-electron chi connectivity index (χ1n) is 7.34. The fourth-order valence-corrected chi connectivity index (χ4v) is 2.77. The highest BCUT2D eigenvalue weighted by atomic mass is 16.1. The topological polar surface area (TPSA) is 32.3 Å². The molecule has 1 atom stereocenters. The van der Waals surface area contributed by atoms with Crippen LogP contribution in [0.15, 0.2) is 30.3 Å². The maximum atomic E-state index is 11.8. The molecule has 1 aromatic carbocycles. The van der Waals surface area contributed by atoms with Crippen molar-refractivity contribution in [3.63, 3.8) is 0 Å². The van der Waals surface area contributed by atoms with Crippen molar-refractivity contribution < 1.29 is 4.79 Å². The van der Waals surface area contributed by atoms with E-state index in [1.54, 1.807) is 0 Å². The molecule has 1 saturated heterocycles. The van der Waals surface area contributed by atoms with E-state index in [0.29, 0.717) is 12.5 Å². The molecule has 0 aliphatic carbocycles. The van der Waals surface area contributed by atoms with Gasteiger partial charge in [0.25, 0.3) is 0 Å². The quantitative estimate of drug-likeness (QED) is 0.850. The first kappa shape index (κ1) is 14.1. The van der Waals surface area contributed by atoms with Crippen molar-refractivity contribution in [2.24, 2.45) is 0 Å². The number of nitrogens with one attached hydrogen (secondary N) is 1. The molecular weight excluding hydrogens is 236 g/mol. The van der Waals surface area contributed by atoms with E-state index in [2.05, 4.69) is 29.3 Å². The van der Waals surface area contributed by atoms with Crippen molar-refractivity contribution in [1.82, 2.24) is 10.2 Å². The molecule has 1 fully saturated rings. The summed E-state index contributed by atoms with van der Waals surface area (Å²) in [5.74, 6) is 0.173. The smallest absolute Gasteiger partial charge is 0.220 e. The normalized spacial score (nSPS) is 19.5. The second-order valence-electron chi connectivity index (χ2n) is 5.21. The Morgan fingerprint density at radius 1 is 1.37 bits per heavy atom. The van der Waals surface area contributed by atoms with Crippen LogP contribution in [0.4, 0.5) is 0 Å². The number of amides is 1. The van der Waals surface area contributed by atoms with E-state index in [-0.39, 0.29) is 5.91 Å². The predicted molar refractivity (Wildman–Crippen MR) is 78.0 cm³/mol. The second kappa shape index (κ2) is 7.29. The summed E-state index contributed by atoms with van der Waals surface area (Å²) in [5.41, 5.74) is 1.23. The molecule has 0 spiro atoms. The van der Waals surface area contributed by atoms with Gasteiger partial charge in [-0.1, -0.05) is 37.3 Å². The summed E-state index contributed by atoms with van der Waals surface area (Å²) >= 11 is 0. The summed E-state index contributed by atoms with van der Waals surface area (Å²) in [5, 5.41) is 3.08. The van der Waals surface area contributed by atoms with Crippen LogP contribution in [-0.4, -0.2) is 36.5 Å². The highest BCUT2D eigenvalue weighted by molar-refractivity contribution is 5.76. The number of hydrogen-bond donors (Lipinski definition) is 1. The minimum atomic E-state index is 0.173. The lowest BCUT2D eigenvalue weighted by molar-refractivity contribution is -0.121. The van der Waals surface area contributed by atoms with E-state index in [4.69, 9.17) is 0 Å². The van der Waals surface area contributed by atoms with E-state index in [1.165, 1.54) is 24.9 Å². The summed E-state index contributed by atoms with van der Waals surface area (Å²) < 4.78 is 0. The maximum Gasteiger partial charge on any atom is 0.220 e. The molecule has 1 aliphatic heterocycles. The van der Waals surface area contributed by atoms with Crippen LogP contribution in [0, 0.1) is 0 Å². The van der Waals surface area contributed by atoms with Gasteiger partial charge in [-0.2, -0.15) is 0 Å². The van der Waals surface area contributed by atoms with Gasteiger partial charge in [0.2, 0.25) is 5.91 Å². The Bertz CT molecular complexity index is 391. The molecule has 0 bridgehead atoms. The summed E-state index contributed by atoms with van der Waals surface area (Å²) in [4.78, 5) is 14.3. The Labute approximate surface area is 116 Å². The van der Waals surface area contributed by atoms with Crippen molar-refractivity contribution in [3.05, 3.63) is 35.9 Å². The molecule has 104 valence electrons. The molecule has 1 N–H and O–H groups in total. The highest BCUT2D eigenvalue weighted by Crippen LogP contribution is 2.15. The van der Waals surface area contributed by atoms with Crippen molar-refractivity contribution in [2.75, 3.05) is 19.6 Å². The predicted octanol–water partition coefficient (Wildman–Crippen LogP) is 2.22. The number of carbonyl (C=O) groups excluding carboxylic acids is 1. The monoisotopic (exact) mass is 260 g/mol. The third-order valence-electron chi connectivity index (χ3n) is 3.92. The summed E-state index contributed by atoms with van der Waals surface area (Å²) in [7, 11) is 0. The first-order valence-corrected chi connectivity index (χ1v) is 7.34. The molecule has 0 radical (unpaired) electrons. The van der Waals surface area contributed by atoms with Crippen LogP contribution in [0.5, 0.6) is 0 Å². The highest BCUT2D eigenvalue weighted by Gasteiger charge is 2.22. The van der Waals surface area contributed by atoms with Crippen LogP contribution >= 0.6 is 0 Å². The van der Waals surface area contributed by atoms with Crippen LogP contribution in [0.3, 0.4) is 0 Å². The zero-order valence-electron chi connectivity index (χ0n) is 11.8.